The number of hydrogen-bond acceptors (Lipinski definition) is 3. The van der Waals surface area contributed by atoms with Crippen LogP contribution in [-0.2, 0) is 6.54 Å². The molecule has 1 aromatic heterocycles. The number of amides is 1. The molecule has 6 heteroatoms. The maximum Gasteiger partial charge on any atom is 0.254 e. The molecular weight excluding hydrogens is 307 g/mol. The second kappa shape index (κ2) is 8.47. The Morgan fingerprint density at radius 1 is 1.12 bits per heavy atom. The van der Waals surface area contributed by atoms with E-state index in [2.05, 4.69) is 12.0 Å². The van der Waals surface area contributed by atoms with E-state index in [9.17, 15) is 9.18 Å². The van der Waals surface area contributed by atoms with E-state index in [0.717, 1.165) is 12.8 Å². The van der Waals surface area contributed by atoms with E-state index in [1.165, 1.54) is 37.8 Å². The predicted octanol–water partition coefficient (Wildman–Crippen LogP) is 3.73. The lowest BCUT2D eigenvalue weighted by Gasteiger charge is -2.09. The van der Waals surface area contributed by atoms with Crippen LogP contribution in [0.1, 0.15) is 55.8 Å². The predicted molar refractivity (Wildman–Crippen MR) is 93.9 cm³/mol. The normalized spacial score (nSPS) is 10.9. The van der Waals surface area contributed by atoms with Gasteiger partial charge in [-0.15, -0.1) is 0 Å². The van der Waals surface area contributed by atoms with Gasteiger partial charge in [0.25, 0.3) is 5.91 Å². The summed E-state index contributed by atoms with van der Waals surface area (Å²) in [6, 6.07) is 5.91. The topological polar surface area (TPSA) is 86.9 Å². The van der Waals surface area contributed by atoms with Crippen LogP contribution in [0, 0.1) is 5.82 Å². The summed E-state index contributed by atoms with van der Waals surface area (Å²) in [7, 11) is 0. The Hall–Kier alpha value is -2.37. The average molecular weight is 332 g/mol. The fourth-order valence-corrected chi connectivity index (χ4v) is 2.83. The Kier molecular flexibility index (Phi) is 6.35. The van der Waals surface area contributed by atoms with Crippen LogP contribution in [0.15, 0.2) is 24.3 Å². The first-order valence-corrected chi connectivity index (χ1v) is 8.46. The molecule has 0 saturated heterocycles. The first-order chi connectivity index (χ1) is 11.5. The van der Waals surface area contributed by atoms with E-state index in [4.69, 9.17) is 11.5 Å². The Labute approximate surface area is 141 Å². The number of aromatic nitrogens is 2. The second-order valence-electron chi connectivity index (χ2n) is 5.97. The van der Waals surface area contributed by atoms with E-state index in [-0.39, 0.29) is 17.2 Å². The minimum absolute atomic E-state index is 0.118. The molecule has 0 fully saturated rings. The van der Waals surface area contributed by atoms with Gasteiger partial charge >= 0.3 is 0 Å². The molecule has 4 N–H and O–H groups in total. The number of rotatable bonds is 9. The van der Waals surface area contributed by atoms with Crippen LogP contribution in [0.2, 0.25) is 0 Å². The molecule has 0 unspecified atom stereocenters. The first kappa shape index (κ1) is 18.0. The van der Waals surface area contributed by atoms with Crippen LogP contribution < -0.4 is 11.5 Å². The lowest BCUT2D eigenvalue weighted by Crippen LogP contribution is -2.14. The summed E-state index contributed by atoms with van der Waals surface area (Å²) in [6.45, 7) is 2.84. The van der Waals surface area contributed by atoms with Gasteiger partial charge in [0.1, 0.15) is 11.4 Å². The van der Waals surface area contributed by atoms with Gasteiger partial charge in [0.15, 0.2) is 5.82 Å². The zero-order valence-corrected chi connectivity index (χ0v) is 14.1. The third kappa shape index (κ3) is 4.34. The summed E-state index contributed by atoms with van der Waals surface area (Å²) < 4.78 is 14.9. The van der Waals surface area contributed by atoms with E-state index in [1.807, 2.05) is 0 Å². The van der Waals surface area contributed by atoms with Crippen LogP contribution in [-0.4, -0.2) is 15.7 Å². The summed E-state index contributed by atoms with van der Waals surface area (Å²) in [4.78, 5) is 11.8. The number of aryl methyl sites for hydroxylation is 1. The van der Waals surface area contributed by atoms with Crippen LogP contribution in [0.3, 0.4) is 0 Å². The number of nitrogen functional groups attached to an aromatic ring is 1. The molecule has 0 atom stereocenters. The molecule has 1 heterocycles. The van der Waals surface area contributed by atoms with E-state index in [1.54, 1.807) is 16.8 Å². The number of hydrogen-bond donors (Lipinski definition) is 2. The number of carbonyl (C=O) groups is 1. The fraction of sp³-hybridized carbons (Fsp3) is 0.444. The van der Waals surface area contributed by atoms with Crippen LogP contribution in [0.4, 0.5) is 10.2 Å². The molecule has 24 heavy (non-hydrogen) atoms. The minimum Gasteiger partial charge on any atom is -0.382 e. The monoisotopic (exact) mass is 332 g/mol. The van der Waals surface area contributed by atoms with Gasteiger partial charge in [-0.2, -0.15) is 5.10 Å². The number of benzene rings is 1. The zero-order valence-electron chi connectivity index (χ0n) is 14.1. The third-order valence-corrected chi connectivity index (χ3v) is 4.07. The molecule has 1 amide bonds. The molecule has 0 aliphatic heterocycles. The third-order valence-electron chi connectivity index (χ3n) is 4.07. The number of anilines is 1. The Balaban J connectivity index is 2.20. The maximum absolute atomic E-state index is 13.2. The zero-order chi connectivity index (χ0) is 17.5. The Morgan fingerprint density at radius 3 is 2.38 bits per heavy atom. The highest BCUT2D eigenvalue weighted by Gasteiger charge is 2.21. The molecule has 2 rings (SSSR count). The quantitative estimate of drug-likeness (QED) is 0.686. The van der Waals surface area contributed by atoms with Gasteiger partial charge in [0.05, 0.1) is 5.69 Å². The highest BCUT2D eigenvalue weighted by Crippen LogP contribution is 2.28. The number of halogens is 1. The molecule has 0 aliphatic carbocycles. The summed E-state index contributed by atoms with van der Waals surface area (Å²) in [6.07, 6.45) is 6.91. The van der Waals surface area contributed by atoms with Crippen LogP contribution >= 0.6 is 0 Å². The molecule has 0 aliphatic rings. The number of unbranched alkanes of at least 4 members (excludes halogenated alkanes) is 5. The highest BCUT2D eigenvalue weighted by molar-refractivity contribution is 6.03. The molecule has 0 spiro atoms. The van der Waals surface area contributed by atoms with Crippen molar-refractivity contribution < 1.29 is 9.18 Å². The maximum atomic E-state index is 13.2. The van der Waals surface area contributed by atoms with Crippen molar-refractivity contribution in [2.45, 2.75) is 52.0 Å². The number of carbonyl (C=O) groups excluding carboxylic acids is 1. The standard InChI is InChI=1S/C18H25FN4O/c1-2-3-4-5-6-7-12-23-16(13-8-10-14(19)11-9-13)15(18(21)24)17(20)22-23/h8-11H,2-7,12H2,1H3,(H2,20,22)(H2,21,24). The van der Waals surface area contributed by atoms with Crippen molar-refractivity contribution in [3.63, 3.8) is 0 Å². The lowest BCUT2D eigenvalue weighted by molar-refractivity contribution is 0.100. The van der Waals surface area contributed by atoms with E-state index >= 15 is 0 Å². The Bertz CT molecular complexity index is 679. The molecule has 130 valence electrons. The molecule has 5 nitrogen and oxygen atoms in total. The van der Waals surface area contributed by atoms with Gasteiger partial charge in [-0.3, -0.25) is 9.48 Å². The molecule has 0 bridgehead atoms. The minimum atomic E-state index is -0.624. The van der Waals surface area contributed by atoms with Crippen molar-refractivity contribution in [1.82, 2.24) is 9.78 Å². The van der Waals surface area contributed by atoms with E-state index < -0.39 is 5.91 Å². The molecular formula is C18H25FN4O. The van der Waals surface area contributed by atoms with Gasteiger partial charge in [0.2, 0.25) is 0 Å². The summed E-state index contributed by atoms with van der Waals surface area (Å²) in [5.74, 6) is -0.844. The SMILES string of the molecule is CCCCCCCCn1nc(N)c(C(N)=O)c1-c1ccc(F)cc1. The largest absolute Gasteiger partial charge is 0.382 e. The summed E-state index contributed by atoms with van der Waals surface area (Å²) >= 11 is 0. The van der Waals surface area contributed by atoms with Gasteiger partial charge in [-0.1, -0.05) is 39.0 Å². The van der Waals surface area contributed by atoms with Crippen molar-refractivity contribution >= 4 is 11.7 Å². The first-order valence-electron chi connectivity index (χ1n) is 8.46. The molecule has 0 radical (unpaired) electrons. The van der Waals surface area contributed by atoms with E-state index in [0.29, 0.717) is 17.8 Å². The number of nitrogens with zero attached hydrogens (tertiary/aromatic N) is 2. The summed E-state index contributed by atoms with van der Waals surface area (Å²) in [5.41, 5.74) is 12.8. The van der Waals surface area contributed by atoms with Gasteiger partial charge in [-0.05, 0) is 30.7 Å². The molecule has 0 saturated carbocycles. The van der Waals surface area contributed by atoms with Crippen molar-refractivity contribution in [2.75, 3.05) is 5.73 Å². The number of primary amides is 1. The van der Waals surface area contributed by atoms with Crippen LogP contribution in [0.25, 0.3) is 11.3 Å². The second-order valence-corrected chi connectivity index (χ2v) is 5.97. The van der Waals surface area contributed by atoms with Crippen molar-refractivity contribution in [3.8, 4) is 11.3 Å². The van der Waals surface area contributed by atoms with Gasteiger partial charge in [-0.25, -0.2) is 4.39 Å². The van der Waals surface area contributed by atoms with Crippen molar-refractivity contribution in [2.24, 2.45) is 5.73 Å². The smallest absolute Gasteiger partial charge is 0.254 e. The highest BCUT2D eigenvalue weighted by atomic mass is 19.1. The lowest BCUT2D eigenvalue weighted by atomic mass is 10.1. The number of nitrogens with two attached hydrogens (primary N) is 2. The Morgan fingerprint density at radius 2 is 1.75 bits per heavy atom. The average Bonchev–Trinajstić information content (AvgIpc) is 2.88. The van der Waals surface area contributed by atoms with Gasteiger partial charge < -0.3 is 11.5 Å². The molecule has 2 aromatic rings. The fourth-order valence-electron chi connectivity index (χ4n) is 2.83. The van der Waals surface area contributed by atoms with Crippen molar-refractivity contribution in [3.05, 3.63) is 35.6 Å². The van der Waals surface area contributed by atoms with Crippen molar-refractivity contribution in [1.29, 1.82) is 0 Å². The van der Waals surface area contributed by atoms with Crippen LogP contribution in [0.5, 0.6) is 0 Å². The summed E-state index contributed by atoms with van der Waals surface area (Å²) in [5, 5.41) is 4.26. The van der Waals surface area contributed by atoms with Gasteiger partial charge in [0, 0.05) is 12.1 Å². The molecule has 1 aromatic carbocycles.